The molecule has 7 nitrogen and oxygen atoms in total. The Labute approximate surface area is 175 Å². The van der Waals surface area contributed by atoms with E-state index in [1.807, 2.05) is 30.3 Å². The number of carbonyl (C=O) groups excluding carboxylic acids is 1. The van der Waals surface area contributed by atoms with Gasteiger partial charge in [-0.05, 0) is 24.9 Å². The van der Waals surface area contributed by atoms with Crippen LogP contribution in [-0.4, -0.2) is 41.4 Å². The summed E-state index contributed by atoms with van der Waals surface area (Å²) < 4.78 is 36.9. The van der Waals surface area contributed by atoms with Crippen molar-refractivity contribution in [2.24, 2.45) is 0 Å². The van der Waals surface area contributed by atoms with E-state index in [1.165, 1.54) is 12.8 Å². The Morgan fingerprint density at radius 2 is 2.00 bits per heavy atom. The molecule has 0 radical (unpaired) electrons. The smallest absolute Gasteiger partial charge is 0.475 e. The summed E-state index contributed by atoms with van der Waals surface area (Å²) in [5.74, 6) is -2.26. The van der Waals surface area contributed by atoms with E-state index in [-0.39, 0.29) is 6.61 Å². The Bertz CT molecular complexity index is 809. The Morgan fingerprint density at radius 1 is 1.30 bits per heavy atom. The third kappa shape index (κ3) is 8.37. The molecule has 1 amide bonds. The van der Waals surface area contributed by atoms with Crippen LogP contribution >= 0.6 is 11.3 Å². The van der Waals surface area contributed by atoms with Crippen LogP contribution in [0.1, 0.15) is 35.0 Å². The van der Waals surface area contributed by atoms with Crippen LogP contribution < -0.4 is 10.6 Å². The average Bonchev–Trinajstić information content (AvgIpc) is 3.21. The highest BCUT2D eigenvalue weighted by Gasteiger charge is 2.38. The fourth-order valence-electron chi connectivity index (χ4n) is 2.62. The quantitative estimate of drug-likeness (QED) is 0.649. The molecule has 0 saturated carbocycles. The second-order valence-electron chi connectivity index (χ2n) is 6.43. The molecule has 2 aromatic rings. The van der Waals surface area contributed by atoms with Crippen molar-refractivity contribution in [3.8, 4) is 0 Å². The molecular weight excluding hydrogens is 423 g/mol. The molecule has 1 aliphatic heterocycles. The summed E-state index contributed by atoms with van der Waals surface area (Å²) in [6, 6.07) is 9.64. The van der Waals surface area contributed by atoms with E-state index < -0.39 is 18.2 Å². The van der Waals surface area contributed by atoms with Gasteiger partial charge < -0.3 is 20.5 Å². The maximum atomic E-state index is 11.7. The monoisotopic (exact) mass is 445 g/mol. The number of carboxylic acid groups (broad SMARTS) is 1. The normalized spacial score (nSPS) is 16.2. The molecule has 0 aliphatic carbocycles. The summed E-state index contributed by atoms with van der Waals surface area (Å²) in [5.41, 5.74) is 2.11. The molecule has 1 aromatic carbocycles. The molecule has 0 spiro atoms. The summed E-state index contributed by atoms with van der Waals surface area (Å²) in [5, 5.41) is 16.3. The zero-order chi connectivity index (χ0) is 22.0. The van der Waals surface area contributed by atoms with Crippen molar-refractivity contribution in [1.29, 1.82) is 0 Å². The summed E-state index contributed by atoms with van der Waals surface area (Å²) in [7, 11) is 0. The number of piperidine rings is 1. The minimum Gasteiger partial charge on any atom is -0.475 e. The number of amides is 1. The van der Waals surface area contributed by atoms with Crippen LogP contribution in [0, 0.1) is 0 Å². The zero-order valence-electron chi connectivity index (χ0n) is 15.9. The number of rotatable bonds is 5. The molecule has 0 bridgehead atoms. The molecule has 11 heteroatoms. The number of thiazole rings is 1. The van der Waals surface area contributed by atoms with Crippen LogP contribution in [0.25, 0.3) is 0 Å². The second-order valence-corrected chi connectivity index (χ2v) is 7.37. The number of ether oxygens (including phenoxy) is 1. The highest BCUT2D eigenvalue weighted by atomic mass is 32.1. The maximum absolute atomic E-state index is 11.7. The number of carboxylic acids is 1. The van der Waals surface area contributed by atoms with Crippen LogP contribution in [0.4, 0.5) is 18.0 Å². The van der Waals surface area contributed by atoms with Gasteiger partial charge in [0.2, 0.25) is 0 Å². The van der Waals surface area contributed by atoms with Crippen molar-refractivity contribution in [2.75, 3.05) is 13.1 Å². The molecule has 2 heterocycles. The minimum atomic E-state index is -5.08. The number of hydrogen-bond donors (Lipinski definition) is 3. The number of hydrogen-bond acceptors (Lipinski definition) is 6. The van der Waals surface area contributed by atoms with Gasteiger partial charge in [0.1, 0.15) is 11.6 Å². The third-order valence-electron chi connectivity index (χ3n) is 4.12. The molecule has 1 aliphatic rings. The minimum absolute atomic E-state index is 0.281. The summed E-state index contributed by atoms with van der Waals surface area (Å²) in [6.45, 7) is 2.79. The SMILES string of the molecule is O=C(NCc1nc(C2CCCNC2)cs1)OCc1ccccc1.O=C(O)C(F)(F)F. The van der Waals surface area contributed by atoms with E-state index in [4.69, 9.17) is 14.6 Å². The average molecular weight is 445 g/mol. The maximum Gasteiger partial charge on any atom is 0.490 e. The lowest BCUT2D eigenvalue weighted by molar-refractivity contribution is -0.192. The molecule has 1 aromatic heterocycles. The van der Waals surface area contributed by atoms with Crippen molar-refractivity contribution in [3.63, 3.8) is 0 Å². The molecule has 30 heavy (non-hydrogen) atoms. The Morgan fingerprint density at radius 3 is 2.60 bits per heavy atom. The van der Waals surface area contributed by atoms with Crippen molar-refractivity contribution in [2.45, 2.75) is 38.1 Å². The zero-order valence-corrected chi connectivity index (χ0v) is 16.8. The lowest BCUT2D eigenvalue weighted by atomic mass is 9.97. The van der Waals surface area contributed by atoms with Crippen molar-refractivity contribution in [3.05, 3.63) is 52.0 Å². The number of benzene rings is 1. The summed E-state index contributed by atoms with van der Waals surface area (Å²) in [4.78, 5) is 25.3. The van der Waals surface area contributed by atoms with Crippen molar-refractivity contribution >= 4 is 23.4 Å². The van der Waals surface area contributed by atoms with E-state index in [0.717, 1.165) is 29.4 Å². The lowest BCUT2D eigenvalue weighted by Gasteiger charge is -2.20. The second kappa shape index (κ2) is 11.5. The van der Waals surface area contributed by atoms with Gasteiger partial charge in [0.05, 0.1) is 12.2 Å². The van der Waals surface area contributed by atoms with E-state index in [0.29, 0.717) is 12.5 Å². The van der Waals surface area contributed by atoms with Crippen molar-refractivity contribution < 1.29 is 32.6 Å². The van der Waals surface area contributed by atoms with E-state index in [9.17, 15) is 18.0 Å². The Balaban J connectivity index is 0.000000396. The summed E-state index contributed by atoms with van der Waals surface area (Å²) in [6.07, 6.45) is -3.12. The van der Waals surface area contributed by atoms with Gasteiger partial charge in [-0.15, -0.1) is 11.3 Å². The van der Waals surface area contributed by atoms with E-state index >= 15 is 0 Å². The van der Waals surface area contributed by atoms with Gasteiger partial charge in [0.25, 0.3) is 0 Å². The van der Waals surface area contributed by atoms with Crippen LogP contribution in [-0.2, 0) is 22.7 Å². The van der Waals surface area contributed by atoms with Gasteiger partial charge in [-0.1, -0.05) is 30.3 Å². The van der Waals surface area contributed by atoms with Gasteiger partial charge in [-0.3, -0.25) is 0 Å². The number of alkyl carbamates (subject to hydrolysis) is 1. The Kier molecular flexibility index (Phi) is 9.06. The topological polar surface area (TPSA) is 101 Å². The highest BCUT2D eigenvalue weighted by molar-refractivity contribution is 7.09. The summed E-state index contributed by atoms with van der Waals surface area (Å²) >= 11 is 1.59. The molecule has 3 rings (SSSR count). The van der Waals surface area contributed by atoms with Crippen LogP contribution in [0.5, 0.6) is 0 Å². The molecule has 1 fully saturated rings. The number of nitrogens with one attached hydrogen (secondary N) is 2. The fraction of sp³-hybridized carbons (Fsp3) is 0.421. The van der Waals surface area contributed by atoms with Crippen molar-refractivity contribution in [1.82, 2.24) is 15.6 Å². The molecule has 164 valence electrons. The molecule has 3 N–H and O–H groups in total. The first-order valence-corrected chi connectivity index (χ1v) is 10.0. The van der Waals surface area contributed by atoms with Crippen LogP contribution in [0.3, 0.4) is 0 Å². The third-order valence-corrected chi connectivity index (χ3v) is 4.99. The predicted octanol–water partition coefficient (Wildman–Crippen LogP) is 3.67. The van der Waals surface area contributed by atoms with Gasteiger partial charge >= 0.3 is 18.2 Å². The first-order valence-electron chi connectivity index (χ1n) is 9.15. The van der Waals surface area contributed by atoms with Gasteiger partial charge in [-0.25, -0.2) is 14.6 Å². The number of aromatic nitrogens is 1. The van der Waals surface area contributed by atoms with E-state index in [1.54, 1.807) is 11.3 Å². The standard InChI is InChI=1S/C17H21N3O2S.C2HF3O2/c21-17(22-11-13-5-2-1-3-6-13)19-10-16-20-15(12-23-16)14-7-4-8-18-9-14;3-2(4,5)1(6)7/h1-3,5-6,12,14,18H,4,7-11H2,(H,19,21);(H,6,7). The largest absolute Gasteiger partial charge is 0.490 e. The van der Waals surface area contributed by atoms with Gasteiger partial charge in [0.15, 0.2) is 0 Å². The lowest BCUT2D eigenvalue weighted by Crippen LogP contribution is -2.28. The van der Waals surface area contributed by atoms with Crippen LogP contribution in [0.2, 0.25) is 0 Å². The van der Waals surface area contributed by atoms with E-state index in [2.05, 4.69) is 21.0 Å². The number of nitrogens with zero attached hydrogens (tertiary/aromatic N) is 1. The highest BCUT2D eigenvalue weighted by Crippen LogP contribution is 2.24. The first-order chi connectivity index (χ1) is 14.3. The molecule has 1 atom stereocenters. The molecule has 1 saturated heterocycles. The van der Waals surface area contributed by atoms with Crippen LogP contribution in [0.15, 0.2) is 35.7 Å². The number of alkyl halides is 3. The van der Waals surface area contributed by atoms with Gasteiger partial charge in [0, 0.05) is 17.8 Å². The fourth-order valence-corrected chi connectivity index (χ4v) is 3.44. The number of aliphatic carboxylic acids is 1. The first kappa shape index (κ1) is 23.6. The number of halogens is 3. The molecular formula is C19H22F3N3O4S. The predicted molar refractivity (Wildman–Crippen MR) is 104 cm³/mol. The number of carbonyl (C=O) groups is 2. The van der Waals surface area contributed by atoms with Gasteiger partial charge in [-0.2, -0.15) is 13.2 Å². The molecule has 1 unspecified atom stereocenters. The Hall–Kier alpha value is -2.66.